The highest BCUT2D eigenvalue weighted by atomic mass is 19.1. The lowest BCUT2D eigenvalue weighted by molar-refractivity contribution is -0.117. The van der Waals surface area contributed by atoms with Crippen LogP contribution in [0, 0.1) is 12.7 Å². The predicted molar refractivity (Wildman–Crippen MR) is 109 cm³/mol. The highest BCUT2D eigenvalue weighted by Crippen LogP contribution is 2.38. The Balaban J connectivity index is 1.74. The number of anilines is 2. The lowest BCUT2D eigenvalue weighted by Crippen LogP contribution is -2.25. The minimum absolute atomic E-state index is 0.0424. The maximum Gasteiger partial charge on any atom is 0.326 e. The first-order valence-corrected chi connectivity index (χ1v) is 9.51. The minimum Gasteiger partial charge on any atom is -0.421 e. The largest absolute Gasteiger partial charge is 0.421 e. The van der Waals surface area contributed by atoms with Gasteiger partial charge < -0.3 is 15.0 Å². The maximum absolute atomic E-state index is 14.3. The van der Waals surface area contributed by atoms with Crippen molar-refractivity contribution in [2.45, 2.75) is 19.8 Å². The van der Waals surface area contributed by atoms with Crippen LogP contribution >= 0.6 is 0 Å². The van der Waals surface area contributed by atoms with E-state index in [-0.39, 0.29) is 11.9 Å². The van der Waals surface area contributed by atoms with Crippen molar-refractivity contribution in [1.82, 2.24) is 24.9 Å². The molecule has 4 aromatic rings. The van der Waals surface area contributed by atoms with E-state index in [0.717, 1.165) is 6.42 Å². The van der Waals surface area contributed by atoms with Crippen LogP contribution in [0.25, 0.3) is 21.9 Å². The molecule has 2 N–H and O–H groups in total. The predicted octanol–water partition coefficient (Wildman–Crippen LogP) is 3.31. The van der Waals surface area contributed by atoms with Crippen molar-refractivity contribution >= 4 is 39.3 Å². The van der Waals surface area contributed by atoms with E-state index in [9.17, 15) is 9.18 Å². The zero-order chi connectivity index (χ0) is 20.8. The molecule has 4 heterocycles. The summed E-state index contributed by atoms with van der Waals surface area (Å²) in [5, 5.41) is 4.15. The van der Waals surface area contributed by atoms with Crippen LogP contribution in [0.3, 0.4) is 0 Å². The van der Waals surface area contributed by atoms with E-state index < -0.39 is 5.82 Å². The molecule has 0 spiro atoms. The van der Waals surface area contributed by atoms with Gasteiger partial charge >= 0.3 is 6.01 Å². The number of rotatable bonds is 4. The first kappa shape index (κ1) is 18.2. The Morgan fingerprint density at radius 3 is 2.73 bits per heavy atom. The second-order valence-corrected chi connectivity index (χ2v) is 7.02. The summed E-state index contributed by atoms with van der Waals surface area (Å²) in [5.74, 6) is 0.934. The van der Waals surface area contributed by atoms with E-state index in [1.54, 1.807) is 18.9 Å². The third-order valence-corrected chi connectivity index (χ3v) is 5.05. The van der Waals surface area contributed by atoms with Crippen LogP contribution in [-0.2, 0) is 4.79 Å². The Morgan fingerprint density at radius 1 is 1.23 bits per heavy atom. The van der Waals surface area contributed by atoms with Crippen LogP contribution in [0.15, 0.2) is 24.5 Å². The molecule has 10 heteroatoms. The number of ether oxygens (including phenoxy) is 1. The fraction of sp³-hybridized carbons (Fsp3) is 0.250. The highest BCUT2D eigenvalue weighted by Gasteiger charge is 2.28. The number of carbonyl (C=O) groups excluding carboxylic acids is 1. The van der Waals surface area contributed by atoms with Gasteiger partial charge in [0.15, 0.2) is 11.6 Å². The van der Waals surface area contributed by atoms with Crippen molar-refractivity contribution in [2.24, 2.45) is 0 Å². The summed E-state index contributed by atoms with van der Waals surface area (Å²) < 4.78 is 20.0. The second kappa shape index (κ2) is 6.90. The molecule has 0 aliphatic carbocycles. The topological polar surface area (TPSA) is 109 Å². The molecule has 1 fully saturated rings. The first-order chi connectivity index (χ1) is 14.5. The minimum atomic E-state index is -0.399. The summed E-state index contributed by atoms with van der Waals surface area (Å²) in [6.45, 7) is 2.30. The van der Waals surface area contributed by atoms with Crippen LogP contribution in [0.4, 0.5) is 15.9 Å². The average Bonchev–Trinajstić information content (AvgIpc) is 3.32. The quantitative estimate of drug-likeness (QED) is 0.534. The molecule has 9 nitrogen and oxygen atoms in total. The number of carbonyl (C=O) groups is 1. The lowest BCUT2D eigenvalue weighted by atomic mass is 10.1. The van der Waals surface area contributed by atoms with E-state index in [2.05, 4.69) is 30.2 Å². The maximum atomic E-state index is 14.3. The zero-order valence-electron chi connectivity index (χ0n) is 16.4. The van der Waals surface area contributed by atoms with Gasteiger partial charge in [0.2, 0.25) is 5.91 Å². The van der Waals surface area contributed by atoms with E-state index in [0.29, 0.717) is 58.0 Å². The normalized spacial score (nSPS) is 14.1. The molecule has 1 amide bonds. The zero-order valence-corrected chi connectivity index (χ0v) is 16.4. The Bertz CT molecular complexity index is 1290. The number of aromatic amines is 1. The van der Waals surface area contributed by atoms with Crippen molar-refractivity contribution in [1.29, 1.82) is 0 Å². The lowest BCUT2D eigenvalue weighted by Gasteiger charge is -2.16. The van der Waals surface area contributed by atoms with Crippen LogP contribution in [0.5, 0.6) is 11.8 Å². The molecule has 1 aromatic carbocycles. The van der Waals surface area contributed by atoms with Crippen LogP contribution in [-0.4, -0.2) is 44.4 Å². The summed E-state index contributed by atoms with van der Waals surface area (Å²) in [7, 11) is 1.71. The summed E-state index contributed by atoms with van der Waals surface area (Å²) in [5.41, 5.74) is 1.70. The second-order valence-electron chi connectivity index (χ2n) is 7.02. The van der Waals surface area contributed by atoms with Gasteiger partial charge in [-0.05, 0) is 25.5 Å². The van der Waals surface area contributed by atoms with Gasteiger partial charge in [-0.3, -0.25) is 9.69 Å². The van der Waals surface area contributed by atoms with Crippen LogP contribution in [0.1, 0.15) is 18.7 Å². The number of aryl methyl sites for hydroxylation is 1. The third-order valence-electron chi connectivity index (χ3n) is 5.05. The number of fused-ring (bicyclic) bond motifs is 3. The molecule has 1 aliphatic heterocycles. The average molecular weight is 407 g/mol. The van der Waals surface area contributed by atoms with Gasteiger partial charge in [0.05, 0.1) is 29.0 Å². The van der Waals surface area contributed by atoms with Gasteiger partial charge in [-0.1, -0.05) is 0 Å². The standard InChI is InChI=1S/C20H18FN7O2/c1-10-23-8-12(9-24-10)30-20-26-18-16(19(27-20)28-5-3-4-15(28)29)13-6-11(21)7-14(22-2)17(13)25-18/h6-9,22H,3-5H2,1-2H3,(H,25,26,27). The first-order valence-electron chi connectivity index (χ1n) is 9.51. The van der Waals surface area contributed by atoms with Gasteiger partial charge in [-0.25, -0.2) is 14.4 Å². The van der Waals surface area contributed by atoms with Gasteiger partial charge in [0.25, 0.3) is 0 Å². The number of halogens is 1. The molecular formula is C20H18FN7O2. The van der Waals surface area contributed by atoms with Gasteiger partial charge in [0, 0.05) is 25.4 Å². The van der Waals surface area contributed by atoms with Crippen molar-refractivity contribution in [3.05, 3.63) is 36.2 Å². The van der Waals surface area contributed by atoms with Crippen LogP contribution < -0.4 is 15.0 Å². The number of hydrogen-bond donors (Lipinski definition) is 2. The molecule has 0 unspecified atom stereocenters. The number of aromatic nitrogens is 5. The summed E-state index contributed by atoms with van der Waals surface area (Å²) in [4.78, 5) is 34.5. The van der Waals surface area contributed by atoms with Crippen molar-refractivity contribution < 1.29 is 13.9 Å². The summed E-state index contributed by atoms with van der Waals surface area (Å²) in [6, 6.07) is 2.85. The SMILES string of the molecule is CNc1cc(F)cc2c1[nH]c1nc(Oc3cnc(C)nc3)nc(N3CCCC3=O)c12. The Kier molecular flexibility index (Phi) is 4.19. The van der Waals surface area contributed by atoms with E-state index in [1.165, 1.54) is 24.5 Å². The molecule has 0 radical (unpaired) electrons. The van der Waals surface area contributed by atoms with Crippen molar-refractivity contribution in [3.63, 3.8) is 0 Å². The number of benzene rings is 1. The number of hydrogen-bond acceptors (Lipinski definition) is 7. The van der Waals surface area contributed by atoms with E-state index in [4.69, 9.17) is 4.74 Å². The molecule has 5 rings (SSSR count). The van der Waals surface area contributed by atoms with Crippen molar-refractivity contribution in [2.75, 3.05) is 23.8 Å². The van der Waals surface area contributed by atoms with Gasteiger partial charge in [0.1, 0.15) is 17.3 Å². The summed E-state index contributed by atoms with van der Waals surface area (Å²) in [6.07, 6.45) is 4.21. The number of nitrogens with zero attached hydrogens (tertiary/aromatic N) is 5. The Labute approximate surface area is 170 Å². The fourth-order valence-corrected chi connectivity index (χ4v) is 3.67. The van der Waals surface area contributed by atoms with E-state index in [1.807, 2.05) is 0 Å². The molecule has 3 aromatic heterocycles. The molecule has 0 saturated carbocycles. The molecule has 1 saturated heterocycles. The number of amides is 1. The highest BCUT2D eigenvalue weighted by molar-refractivity contribution is 6.17. The number of H-pyrrole nitrogens is 1. The van der Waals surface area contributed by atoms with E-state index >= 15 is 0 Å². The van der Waals surface area contributed by atoms with Crippen molar-refractivity contribution in [3.8, 4) is 11.8 Å². The van der Waals surface area contributed by atoms with Gasteiger partial charge in [-0.15, -0.1) is 0 Å². The fourth-order valence-electron chi connectivity index (χ4n) is 3.67. The molecule has 0 atom stereocenters. The monoisotopic (exact) mass is 407 g/mol. The van der Waals surface area contributed by atoms with Crippen LogP contribution in [0.2, 0.25) is 0 Å². The third kappa shape index (κ3) is 2.97. The Hall–Kier alpha value is -3.82. The molecule has 152 valence electrons. The molecule has 1 aliphatic rings. The smallest absolute Gasteiger partial charge is 0.326 e. The summed E-state index contributed by atoms with van der Waals surface area (Å²) >= 11 is 0. The van der Waals surface area contributed by atoms with Gasteiger partial charge in [-0.2, -0.15) is 9.97 Å². The molecule has 0 bridgehead atoms. The number of nitrogens with one attached hydrogen (secondary N) is 2. The molecule has 30 heavy (non-hydrogen) atoms. The molecular weight excluding hydrogens is 389 g/mol. The Morgan fingerprint density at radius 2 is 2.03 bits per heavy atom.